The summed E-state index contributed by atoms with van der Waals surface area (Å²) in [4.78, 5) is 12.5. The Kier molecular flexibility index (Phi) is 4.05. The van der Waals surface area contributed by atoms with Gasteiger partial charge in [0.25, 0.3) is 5.56 Å². The van der Waals surface area contributed by atoms with Crippen molar-refractivity contribution in [1.29, 1.82) is 0 Å². The van der Waals surface area contributed by atoms with E-state index in [4.69, 9.17) is 0 Å². The summed E-state index contributed by atoms with van der Waals surface area (Å²) in [6, 6.07) is 14.9. The number of hydrogen-bond donors (Lipinski definition) is 0. The summed E-state index contributed by atoms with van der Waals surface area (Å²) < 4.78 is 42.4. The molecule has 0 amide bonds. The Morgan fingerprint density at radius 1 is 1.04 bits per heavy atom. The summed E-state index contributed by atoms with van der Waals surface area (Å²) >= 11 is 0. The number of ether oxygens (including phenoxy) is 1. The van der Waals surface area contributed by atoms with E-state index < -0.39 is 6.36 Å². The first kappa shape index (κ1) is 16.1. The Hall–Kier alpha value is -2.76. The van der Waals surface area contributed by atoms with E-state index >= 15 is 0 Å². The van der Waals surface area contributed by atoms with Gasteiger partial charge in [-0.25, -0.2) is 0 Å². The van der Waals surface area contributed by atoms with Crippen LogP contribution in [0.1, 0.15) is 11.1 Å². The molecular weight excluding hydrogens is 319 g/mol. The van der Waals surface area contributed by atoms with Crippen molar-refractivity contribution in [3.8, 4) is 5.75 Å². The van der Waals surface area contributed by atoms with Gasteiger partial charge < -0.3 is 9.30 Å². The summed E-state index contributed by atoms with van der Waals surface area (Å²) in [6.45, 7) is 0. The zero-order chi connectivity index (χ0) is 17.3. The van der Waals surface area contributed by atoms with Crippen molar-refractivity contribution in [2.45, 2.75) is 12.8 Å². The van der Waals surface area contributed by atoms with Crippen molar-refractivity contribution in [2.75, 3.05) is 0 Å². The minimum atomic E-state index is -4.74. The number of hydrogen-bond acceptors (Lipinski definition) is 2. The molecule has 0 N–H and O–H groups in total. The number of aromatic nitrogens is 1. The molecule has 0 spiro atoms. The maximum atomic E-state index is 12.5. The maximum absolute atomic E-state index is 12.5. The third-order valence-electron chi connectivity index (χ3n) is 3.73. The zero-order valence-electron chi connectivity index (χ0n) is 12.8. The van der Waals surface area contributed by atoms with E-state index in [1.54, 1.807) is 23.7 Å². The van der Waals surface area contributed by atoms with Crippen LogP contribution in [0.4, 0.5) is 13.2 Å². The van der Waals surface area contributed by atoms with Crippen molar-refractivity contribution in [2.24, 2.45) is 7.05 Å². The van der Waals surface area contributed by atoms with Crippen LogP contribution >= 0.6 is 0 Å². The first-order valence-corrected chi connectivity index (χ1v) is 7.26. The molecule has 0 saturated carbocycles. The molecular formula is C18H14F3NO2. The van der Waals surface area contributed by atoms with Gasteiger partial charge in [0.05, 0.1) is 5.52 Å². The van der Waals surface area contributed by atoms with Gasteiger partial charge in [-0.05, 0) is 35.2 Å². The van der Waals surface area contributed by atoms with E-state index in [1.165, 1.54) is 18.2 Å². The molecule has 0 bridgehead atoms. The molecule has 1 aromatic heterocycles. The lowest BCUT2D eigenvalue weighted by molar-refractivity contribution is -0.274. The molecule has 3 aromatic rings. The Balaban J connectivity index is 1.97. The summed E-state index contributed by atoms with van der Waals surface area (Å²) in [7, 11) is 1.68. The van der Waals surface area contributed by atoms with Gasteiger partial charge in [-0.1, -0.05) is 30.3 Å². The fourth-order valence-electron chi connectivity index (χ4n) is 2.69. The Morgan fingerprint density at radius 3 is 2.54 bits per heavy atom. The summed E-state index contributed by atoms with van der Waals surface area (Å²) in [6.07, 6.45) is -4.51. The van der Waals surface area contributed by atoms with Gasteiger partial charge >= 0.3 is 6.36 Å². The number of halogens is 3. The summed E-state index contributed by atoms with van der Waals surface area (Å²) in [5.41, 5.74) is 1.72. The quantitative estimate of drug-likeness (QED) is 0.725. The topological polar surface area (TPSA) is 31.2 Å². The molecule has 124 valence electrons. The fourth-order valence-corrected chi connectivity index (χ4v) is 2.69. The number of nitrogens with zero attached hydrogens (tertiary/aromatic N) is 1. The molecule has 24 heavy (non-hydrogen) atoms. The molecule has 0 saturated heterocycles. The van der Waals surface area contributed by atoms with Crippen LogP contribution in [0.15, 0.2) is 59.4 Å². The van der Waals surface area contributed by atoms with Crippen LogP contribution in [-0.4, -0.2) is 10.9 Å². The van der Waals surface area contributed by atoms with Gasteiger partial charge in [0.15, 0.2) is 0 Å². The molecule has 0 aliphatic carbocycles. The van der Waals surface area contributed by atoms with E-state index in [-0.39, 0.29) is 17.7 Å². The second-order valence-corrected chi connectivity index (χ2v) is 5.46. The summed E-state index contributed by atoms with van der Waals surface area (Å²) in [5.74, 6) is -0.294. The molecule has 3 rings (SSSR count). The van der Waals surface area contributed by atoms with E-state index in [2.05, 4.69) is 4.74 Å². The number of pyridine rings is 1. The Morgan fingerprint density at radius 2 is 1.79 bits per heavy atom. The Bertz CT molecular complexity index is 945. The number of para-hydroxylation sites is 1. The molecule has 3 nitrogen and oxygen atoms in total. The molecule has 1 heterocycles. The van der Waals surface area contributed by atoms with E-state index in [1.807, 2.05) is 24.3 Å². The maximum Gasteiger partial charge on any atom is 0.573 e. The normalized spacial score (nSPS) is 11.7. The van der Waals surface area contributed by atoms with Crippen molar-refractivity contribution in [3.05, 3.63) is 76.1 Å². The smallest absolute Gasteiger partial charge is 0.406 e. The van der Waals surface area contributed by atoms with Gasteiger partial charge in [0.1, 0.15) is 5.75 Å². The predicted octanol–water partition coefficient (Wildman–Crippen LogP) is 4.03. The third kappa shape index (κ3) is 3.42. The first-order chi connectivity index (χ1) is 11.3. The van der Waals surface area contributed by atoms with Crippen LogP contribution in [0.5, 0.6) is 5.75 Å². The lowest BCUT2D eigenvalue weighted by atomic mass is 10.0. The molecule has 0 aliphatic rings. The standard InChI is InChI=1S/C18H14F3NO2/c1-22-16-8-3-2-6-13(16)11-14(17(22)23)9-12-5-4-7-15(10-12)24-18(19,20)21/h2-8,10-11H,9H2,1H3. The van der Waals surface area contributed by atoms with Crippen LogP contribution in [0.25, 0.3) is 10.9 Å². The Labute approximate surface area is 135 Å². The van der Waals surface area contributed by atoms with Gasteiger partial charge in [-0.2, -0.15) is 0 Å². The van der Waals surface area contributed by atoms with Crippen molar-refractivity contribution < 1.29 is 17.9 Å². The van der Waals surface area contributed by atoms with Crippen LogP contribution < -0.4 is 10.3 Å². The highest BCUT2D eigenvalue weighted by molar-refractivity contribution is 5.79. The van der Waals surface area contributed by atoms with Crippen molar-refractivity contribution in [3.63, 3.8) is 0 Å². The molecule has 0 unspecified atom stereocenters. The summed E-state index contributed by atoms with van der Waals surface area (Å²) in [5, 5.41) is 0.900. The number of aryl methyl sites for hydroxylation is 1. The first-order valence-electron chi connectivity index (χ1n) is 7.26. The highest BCUT2D eigenvalue weighted by Crippen LogP contribution is 2.24. The third-order valence-corrected chi connectivity index (χ3v) is 3.73. The highest BCUT2D eigenvalue weighted by atomic mass is 19.4. The molecule has 6 heteroatoms. The minimum Gasteiger partial charge on any atom is -0.406 e. The van der Waals surface area contributed by atoms with E-state index in [0.717, 1.165) is 10.9 Å². The lowest BCUT2D eigenvalue weighted by Gasteiger charge is -2.11. The van der Waals surface area contributed by atoms with Crippen LogP contribution in [-0.2, 0) is 13.5 Å². The largest absolute Gasteiger partial charge is 0.573 e. The molecule has 2 aromatic carbocycles. The molecule has 0 atom stereocenters. The van der Waals surface area contributed by atoms with Crippen LogP contribution in [0.3, 0.4) is 0 Å². The number of rotatable bonds is 3. The van der Waals surface area contributed by atoms with Gasteiger partial charge in [0.2, 0.25) is 0 Å². The fraction of sp³-hybridized carbons (Fsp3) is 0.167. The van der Waals surface area contributed by atoms with E-state index in [0.29, 0.717) is 11.1 Å². The molecule has 0 radical (unpaired) electrons. The van der Waals surface area contributed by atoms with Gasteiger partial charge in [0, 0.05) is 19.0 Å². The van der Waals surface area contributed by atoms with Crippen LogP contribution in [0.2, 0.25) is 0 Å². The molecule has 0 aliphatic heterocycles. The average molecular weight is 333 g/mol. The minimum absolute atomic E-state index is 0.171. The number of benzene rings is 2. The second kappa shape index (κ2) is 6.03. The van der Waals surface area contributed by atoms with E-state index in [9.17, 15) is 18.0 Å². The van der Waals surface area contributed by atoms with Crippen LogP contribution in [0, 0.1) is 0 Å². The number of alkyl halides is 3. The highest BCUT2D eigenvalue weighted by Gasteiger charge is 2.31. The predicted molar refractivity (Wildman–Crippen MR) is 85.1 cm³/mol. The van der Waals surface area contributed by atoms with Gasteiger partial charge in [-0.15, -0.1) is 13.2 Å². The zero-order valence-corrected chi connectivity index (χ0v) is 12.8. The second-order valence-electron chi connectivity index (χ2n) is 5.46. The lowest BCUT2D eigenvalue weighted by Crippen LogP contribution is -2.21. The van der Waals surface area contributed by atoms with Crippen molar-refractivity contribution in [1.82, 2.24) is 4.57 Å². The monoisotopic (exact) mass is 333 g/mol. The van der Waals surface area contributed by atoms with Crippen molar-refractivity contribution >= 4 is 10.9 Å². The SMILES string of the molecule is Cn1c(=O)c(Cc2cccc(OC(F)(F)F)c2)cc2ccccc21. The number of fused-ring (bicyclic) bond motifs is 1. The molecule has 0 fully saturated rings. The van der Waals surface area contributed by atoms with Gasteiger partial charge in [-0.3, -0.25) is 4.79 Å². The average Bonchev–Trinajstić information content (AvgIpc) is 2.51.